The molecule has 0 aromatic heterocycles. The molecule has 0 saturated carbocycles. The van der Waals surface area contributed by atoms with Gasteiger partial charge in [0, 0.05) is 12.8 Å². The smallest absolute Gasteiger partial charge is 0.335 e. The summed E-state index contributed by atoms with van der Waals surface area (Å²) in [5.41, 5.74) is 0. The number of carboxylic acid groups (broad SMARTS) is 2. The molecule has 0 aromatic carbocycles. The number of amides is 1. The Labute approximate surface area is 198 Å². The van der Waals surface area contributed by atoms with Crippen LogP contribution in [0.25, 0.3) is 0 Å². The van der Waals surface area contributed by atoms with Gasteiger partial charge in [0.15, 0.2) is 37.2 Å². The third-order valence-corrected chi connectivity index (χ3v) is 5.67. The topological polar surface area (TPSA) is 259 Å². The lowest BCUT2D eigenvalue weighted by Crippen LogP contribution is -2.67. The predicted octanol–water partition coefficient (Wildman–Crippen LogP) is -4.85. The fourth-order valence-electron chi connectivity index (χ4n) is 3.77. The van der Waals surface area contributed by atoms with E-state index in [0.717, 1.165) is 6.92 Å². The van der Waals surface area contributed by atoms with Crippen molar-refractivity contribution < 1.29 is 73.9 Å². The van der Waals surface area contributed by atoms with Crippen molar-refractivity contribution in [1.82, 2.24) is 5.32 Å². The molecule has 0 bridgehead atoms. The van der Waals surface area contributed by atoms with Crippen LogP contribution < -0.4 is 5.32 Å². The van der Waals surface area contributed by atoms with Crippen molar-refractivity contribution >= 4 is 24.1 Å². The molecule has 0 spiro atoms. The first-order valence-corrected chi connectivity index (χ1v) is 10.5. The standard InChI is InChI=1S/C19H29NO15/c1-5-10(24)13(27)19(34-14(5)17(30)31)35-15-8(4-22)33-18(9(12(15)26)20-6(2)23)32-7(3-21)11(25)16(28)29/h3,5,7-15,18-19,22,24-27H,4H2,1-2H3,(H,20,23)(H,28,29)(H,30,31). The van der Waals surface area contributed by atoms with Crippen molar-refractivity contribution in [2.24, 2.45) is 5.92 Å². The van der Waals surface area contributed by atoms with Gasteiger partial charge in [-0.05, 0) is 0 Å². The first-order valence-electron chi connectivity index (χ1n) is 10.5. The summed E-state index contributed by atoms with van der Waals surface area (Å²) in [5.74, 6) is -5.04. The number of ether oxygens (including phenoxy) is 4. The number of hydrogen-bond donors (Lipinski definition) is 8. The molecule has 0 aliphatic carbocycles. The Morgan fingerprint density at radius 2 is 1.69 bits per heavy atom. The number of aliphatic carboxylic acids is 2. The Morgan fingerprint density at radius 1 is 1.06 bits per heavy atom. The summed E-state index contributed by atoms with van der Waals surface area (Å²) in [7, 11) is 0. The molecule has 16 nitrogen and oxygen atoms in total. The van der Waals surface area contributed by atoms with Crippen LogP contribution in [0.1, 0.15) is 13.8 Å². The lowest BCUT2D eigenvalue weighted by atomic mass is 9.90. The normalized spacial score (nSPS) is 39.3. The molecule has 35 heavy (non-hydrogen) atoms. The van der Waals surface area contributed by atoms with E-state index in [9.17, 15) is 49.8 Å². The van der Waals surface area contributed by atoms with Gasteiger partial charge in [0.05, 0.1) is 12.7 Å². The molecule has 8 N–H and O–H groups in total. The molecule has 0 aromatic rings. The second-order valence-corrected chi connectivity index (χ2v) is 8.17. The predicted molar refractivity (Wildman–Crippen MR) is 106 cm³/mol. The van der Waals surface area contributed by atoms with Gasteiger partial charge in [0.2, 0.25) is 5.91 Å². The number of carbonyl (C=O) groups excluding carboxylic acids is 2. The number of carboxylic acids is 2. The molecule has 2 aliphatic heterocycles. The fourth-order valence-corrected chi connectivity index (χ4v) is 3.77. The minimum atomic E-state index is -2.32. The molecule has 2 saturated heterocycles. The molecule has 2 aliphatic rings. The fraction of sp³-hybridized carbons (Fsp3) is 0.789. The van der Waals surface area contributed by atoms with Crippen molar-refractivity contribution in [2.45, 2.75) is 81.3 Å². The highest BCUT2D eigenvalue weighted by Gasteiger charge is 2.52. The number of aliphatic hydroxyl groups is 5. The zero-order valence-corrected chi connectivity index (χ0v) is 18.6. The molecule has 2 rings (SSSR count). The van der Waals surface area contributed by atoms with Crippen LogP contribution in [0.15, 0.2) is 0 Å². The van der Waals surface area contributed by atoms with Gasteiger partial charge in [-0.25, -0.2) is 9.59 Å². The summed E-state index contributed by atoms with van der Waals surface area (Å²) < 4.78 is 21.3. The van der Waals surface area contributed by atoms with E-state index >= 15 is 0 Å². The molecular formula is C19H29NO15. The molecule has 16 heteroatoms. The van der Waals surface area contributed by atoms with E-state index in [1.165, 1.54) is 6.92 Å². The van der Waals surface area contributed by atoms with Gasteiger partial charge < -0.3 is 64.8 Å². The van der Waals surface area contributed by atoms with Crippen LogP contribution in [0.3, 0.4) is 0 Å². The average Bonchev–Trinajstić information content (AvgIpc) is 2.79. The summed E-state index contributed by atoms with van der Waals surface area (Å²) in [6, 6.07) is -1.57. The number of aliphatic hydroxyl groups excluding tert-OH is 5. The monoisotopic (exact) mass is 511 g/mol. The maximum absolute atomic E-state index is 11.7. The molecule has 2 heterocycles. The number of aldehydes is 1. The quantitative estimate of drug-likeness (QED) is 0.128. The Kier molecular flexibility index (Phi) is 10.0. The number of hydrogen-bond acceptors (Lipinski definition) is 13. The zero-order chi connectivity index (χ0) is 26.6. The van der Waals surface area contributed by atoms with E-state index in [1.807, 2.05) is 0 Å². The van der Waals surface area contributed by atoms with Crippen LogP contribution in [0.5, 0.6) is 0 Å². The molecular weight excluding hydrogens is 482 g/mol. The first kappa shape index (κ1) is 29.0. The summed E-state index contributed by atoms with van der Waals surface area (Å²) in [6.07, 6.45) is -17.9. The Hall–Kier alpha value is -2.28. The van der Waals surface area contributed by atoms with Crippen LogP contribution in [0.2, 0.25) is 0 Å². The first-order chi connectivity index (χ1) is 16.3. The van der Waals surface area contributed by atoms with Gasteiger partial charge in [-0.1, -0.05) is 6.92 Å². The van der Waals surface area contributed by atoms with Gasteiger partial charge >= 0.3 is 11.9 Å². The van der Waals surface area contributed by atoms with Gasteiger partial charge in [0.1, 0.15) is 30.5 Å². The second kappa shape index (κ2) is 12.1. The van der Waals surface area contributed by atoms with Crippen molar-refractivity contribution in [1.29, 1.82) is 0 Å². The van der Waals surface area contributed by atoms with E-state index in [0.29, 0.717) is 0 Å². The van der Waals surface area contributed by atoms with Crippen LogP contribution >= 0.6 is 0 Å². The van der Waals surface area contributed by atoms with Crippen molar-refractivity contribution in [3.05, 3.63) is 0 Å². The average molecular weight is 511 g/mol. The van der Waals surface area contributed by atoms with Crippen molar-refractivity contribution in [3.63, 3.8) is 0 Å². The molecule has 12 atom stereocenters. The highest BCUT2D eigenvalue weighted by atomic mass is 16.7. The molecule has 0 radical (unpaired) electrons. The summed E-state index contributed by atoms with van der Waals surface area (Å²) in [4.78, 5) is 45.4. The Balaban J connectivity index is 2.30. The van der Waals surface area contributed by atoms with E-state index in [4.69, 9.17) is 24.1 Å². The van der Waals surface area contributed by atoms with E-state index in [2.05, 4.69) is 5.32 Å². The molecule has 1 amide bonds. The van der Waals surface area contributed by atoms with Crippen molar-refractivity contribution in [3.8, 4) is 0 Å². The van der Waals surface area contributed by atoms with Gasteiger partial charge in [-0.2, -0.15) is 0 Å². The van der Waals surface area contributed by atoms with Gasteiger partial charge in [-0.15, -0.1) is 0 Å². The third kappa shape index (κ3) is 6.49. The van der Waals surface area contributed by atoms with E-state index in [1.54, 1.807) is 0 Å². The van der Waals surface area contributed by atoms with Crippen molar-refractivity contribution in [2.75, 3.05) is 6.61 Å². The maximum atomic E-state index is 11.7. The van der Waals surface area contributed by atoms with Crippen LogP contribution in [0, 0.1) is 5.92 Å². The third-order valence-electron chi connectivity index (χ3n) is 5.67. The zero-order valence-electron chi connectivity index (χ0n) is 18.6. The molecule has 200 valence electrons. The number of nitrogens with one attached hydrogen (secondary N) is 1. The largest absolute Gasteiger partial charge is 0.479 e. The van der Waals surface area contributed by atoms with Crippen LogP contribution in [-0.4, -0.2) is 134 Å². The number of rotatable bonds is 10. The number of carbonyl (C=O) groups is 4. The minimum absolute atomic E-state index is 0.0449. The highest BCUT2D eigenvalue weighted by Crippen LogP contribution is 2.32. The summed E-state index contributed by atoms with van der Waals surface area (Å²) in [6.45, 7) is 1.48. The van der Waals surface area contributed by atoms with Gasteiger partial charge in [-0.3, -0.25) is 4.79 Å². The lowest BCUT2D eigenvalue weighted by Gasteiger charge is -2.47. The van der Waals surface area contributed by atoms with Crippen LogP contribution in [-0.2, 0) is 38.1 Å². The lowest BCUT2D eigenvalue weighted by molar-refractivity contribution is -0.342. The Bertz CT molecular complexity index is 779. The van der Waals surface area contributed by atoms with E-state index in [-0.39, 0.29) is 6.29 Å². The molecule has 2 fully saturated rings. The van der Waals surface area contributed by atoms with Crippen LogP contribution in [0.4, 0.5) is 0 Å². The Morgan fingerprint density at radius 3 is 2.17 bits per heavy atom. The molecule has 12 unspecified atom stereocenters. The summed E-state index contributed by atoms with van der Waals surface area (Å²) >= 11 is 0. The summed E-state index contributed by atoms with van der Waals surface area (Å²) in [5, 5.41) is 71.3. The second-order valence-electron chi connectivity index (χ2n) is 8.17. The minimum Gasteiger partial charge on any atom is -0.479 e. The maximum Gasteiger partial charge on any atom is 0.335 e. The highest BCUT2D eigenvalue weighted by molar-refractivity contribution is 5.78. The SMILES string of the molecule is CC(=O)NC1C(OC(C=O)C(O)C(=O)O)OC(CO)C(OC2OC(C(=O)O)C(C)C(O)C2O)C1O. The van der Waals surface area contributed by atoms with E-state index < -0.39 is 97.8 Å². The van der Waals surface area contributed by atoms with Gasteiger partial charge in [0.25, 0.3) is 0 Å².